The van der Waals surface area contributed by atoms with Gasteiger partial charge in [-0.2, -0.15) is 0 Å². The molecular weight excluding hydrogens is 292 g/mol. The highest BCUT2D eigenvalue weighted by molar-refractivity contribution is 5.92. The van der Waals surface area contributed by atoms with Crippen molar-refractivity contribution in [3.63, 3.8) is 0 Å². The molecule has 5 nitrogen and oxygen atoms in total. The van der Waals surface area contributed by atoms with Gasteiger partial charge in [0, 0.05) is 19.0 Å². The maximum atomic E-state index is 12.1. The molecule has 3 N–H and O–H groups in total. The largest absolute Gasteiger partial charge is 0.495 e. The molecule has 1 fully saturated rings. The number of ether oxygens (including phenoxy) is 1. The average molecular weight is 320 g/mol. The predicted octanol–water partition coefficient (Wildman–Crippen LogP) is 2.55. The maximum absolute atomic E-state index is 12.1. The van der Waals surface area contributed by atoms with Gasteiger partial charge in [-0.05, 0) is 37.8 Å². The number of aliphatic hydroxyl groups excluding tert-OH is 1. The van der Waals surface area contributed by atoms with Gasteiger partial charge in [0.2, 0.25) is 5.91 Å². The molecule has 0 aliphatic heterocycles. The summed E-state index contributed by atoms with van der Waals surface area (Å²) in [4.78, 5) is 12.1. The number of hydrogen-bond acceptors (Lipinski definition) is 4. The van der Waals surface area contributed by atoms with Gasteiger partial charge in [0.15, 0.2) is 0 Å². The van der Waals surface area contributed by atoms with Crippen molar-refractivity contribution in [3.8, 4) is 5.75 Å². The van der Waals surface area contributed by atoms with Crippen LogP contribution in [0.3, 0.4) is 0 Å². The molecule has 2 unspecified atom stereocenters. The Bertz CT molecular complexity index is 501. The average Bonchev–Trinajstić information content (AvgIpc) is 3.07. The summed E-state index contributed by atoms with van der Waals surface area (Å²) in [6.45, 7) is 2.51. The molecule has 1 aliphatic rings. The highest BCUT2D eigenvalue weighted by atomic mass is 16.5. The lowest BCUT2D eigenvalue weighted by Gasteiger charge is -2.21. The van der Waals surface area contributed by atoms with Crippen LogP contribution in [0.25, 0.3) is 0 Å². The highest BCUT2D eigenvalue weighted by Crippen LogP contribution is 2.27. The van der Waals surface area contributed by atoms with E-state index in [0.29, 0.717) is 30.3 Å². The molecule has 128 valence electrons. The van der Waals surface area contributed by atoms with Crippen molar-refractivity contribution in [3.05, 3.63) is 24.3 Å². The molecule has 0 saturated heterocycles. The van der Waals surface area contributed by atoms with E-state index in [1.165, 1.54) is 12.8 Å². The highest BCUT2D eigenvalue weighted by Gasteiger charge is 2.23. The number of para-hydroxylation sites is 2. The standard InChI is InChI=1S/C18H28N2O3/c1-13(19-12-16(21)14-7-3-4-8-14)11-18(22)20-15-9-5-6-10-17(15)23-2/h5-6,9-10,13-14,16,19,21H,3-4,7-8,11-12H2,1-2H3,(H,20,22). The number of carbonyl (C=O) groups excluding carboxylic acids is 1. The topological polar surface area (TPSA) is 70.6 Å². The molecule has 1 amide bonds. The van der Waals surface area contributed by atoms with Crippen molar-refractivity contribution < 1.29 is 14.6 Å². The zero-order valence-corrected chi connectivity index (χ0v) is 14.0. The maximum Gasteiger partial charge on any atom is 0.226 e. The molecule has 0 heterocycles. The molecule has 1 saturated carbocycles. The quantitative estimate of drug-likeness (QED) is 0.688. The number of amides is 1. The fourth-order valence-electron chi connectivity index (χ4n) is 3.13. The van der Waals surface area contributed by atoms with Gasteiger partial charge in [0.1, 0.15) is 5.75 Å². The van der Waals surface area contributed by atoms with E-state index in [9.17, 15) is 9.90 Å². The van der Waals surface area contributed by atoms with Gasteiger partial charge in [-0.25, -0.2) is 0 Å². The second-order valence-electron chi connectivity index (χ2n) is 6.37. The SMILES string of the molecule is COc1ccccc1NC(=O)CC(C)NCC(O)C1CCCC1. The van der Waals surface area contributed by atoms with Gasteiger partial charge in [-0.3, -0.25) is 4.79 Å². The van der Waals surface area contributed by atoms with E-state index in [4.69, 9.17) is 4.74 Å². The van der Waals surface area contributed by atoms with Crippen LogP contribution < -0.4 is 15.4 Å². The summed E-state index contributed by atoms with van der Waals surface area (Å²) in [5.74, 6) is 1.00. The summed E-state index contributed by atoms with van der Waals surface area (Å²) in [5.41, 5.74) is 0.679. The monoisotopic (exact) mass is 320 g/mol. The Labute approximate surface area is 138 Å². The van der Waals surface area contributed by atoms with Crippen molar-refractivity contribution in [2.24, 2.45) is 5.92 Å². The van der Waals surface area contributed by atoms with E-state index < -0.39 is 0 Å². The minimum Gasteiger partial charge on any atom is -0.495 e. The van der Waals surface area contributed by atoms with E-state index in [1.54, 1.807) is 7.11 Å². The van der Waals surface area contributed by atoms with Gasteiger partial charge >= 0.3 is 0 Å². The number of methoxy groups -OCH3 is 1. The number of aliphatic hydroxyl groups is 1. The number of nitrogens with one attached hydrogen (secondary N) is 2. The summed E-state index contributed by atoms with van der Waals surface area (Å²) >= 11 is 0. The minimum absolute atomic E-state index is 0.0146. The third-order valence-electron chi connectivity index (χ3n) is 4.49. The second-order valence-corrected chi connectivity index (χ2v) is 6.37. The summed E-state index contributed by atoms with van der Waals surface area (Å²) in [5, 5.41) is 16.3. The predicted molar refractivity (Wildman–Crippen MR) is 91.7 cm³/mol. The first-order chi connectivity index (χ1) is 11.1. The van der Waals surface area contributed by atoms with E-state index in [-0.39, 0.29) is 18.1 Å². The summed E-state index contributed by atoms with van der Waals surface area (Å²) in [7, 11) is 1.58. The fraction of sp³-hybridized carbons (Fsp3) is 0.611. The zero-order valence-electron chi connectivity index (χ0n) is 14.0. The van der Waals surface area contributed by atoms with Crippen molar-refractivity contribution in [2.45, 2.75) is 51.2 Å². The Kier molecular flexibility index (Phi) is 6.86. The Balaban J connectivity index is 1.73. The summed E-state index contributed by atoms with van der Waals surface area (Å²) in [6, 6.07) is 7.37. The molecule has 0 aromatic heterocycles. The number of benzene rings is 1. The molecule has 1 aliphatic carbocycles. The normalized spacial score (nSPS) is 17.7. The third kappa shape index (κ3) is 5.52. The Morgan fingerprint density at radius 3 is 2.74 bits per heavy atom. The molecule has 0 spiro atoms. The Hall–Kier alpha value is -1.59. The van der Waals surface area contributed by atoms with E-state index >= 15 is 0 Å². The zero-order chi connectivity index (χ0) is 16.7. The van der Waals surface area contributed by atoms with Crippen LogP contribution in [0.2, 0.25) is 0 Å². The first-order valence-corrected chi connectivity index (χ1v) is 8.44. The first-order valence-electron chi connectivity index (χ1n) is 8.44. The van der Waals surface area contributed by atoms with Gasteiger partial charge < -0.3 is 20.5 Å². The molecule has 1 aromatic carbocycles. The molecule has 0 radical (unpaired) electrons. The van der Waals surface area contributed by atoms with E-state index in [2.05, 4.69) is 10.6 Å². The third-order valence-corrected chi connectivity index (χ3v) is 4.49. The fourth-order valence-corrected chi connectivity index (χ4v) is 3.13. The summed E-state index contributed by atoms with van der Waals surface area (Å²) in [6.07, 6.45) is 4.72. The number of hydrogen-bond donors (Lipinski definition) is 3. The number of rotatable bonds is 8. The van der Waals surface area contributed by atoms with Gasteiger partial charge in [-0.1, -0.05) is 25.0 Å². The van der Waals surface area contributed by atoms with Crippen molar-refractivity contribution in [2.75, 3.05) is 19.0 Å². The van der Waals surface area contributed by atoms with Crippen molar-refractivity contribution >= 4 is 11.6 Å². The van der Waals surface area contributed by atoms with Gasteiger partial charge in [0.25, 0.3) is 0 Å². The first kappa shape index (κ1) is 17.8. The lowest BCUT2D eigenvalue weighted by molar-refractivity contribution is -0.116. The second kappa shape index (κ2) is 8.89. The minimum atomic E-state index is -0.308. The van der Waals surface area contributed by atoms with Gasteiger partial charge in [0.05, 0.1) is 18.9 Å². The molecule has 2 atom stereocenters. The summed E-state index contributed by atoms with van der Waals surface area (Å²) < 4.78 is 5.22. The number of anilines is 1. The van der Waals surface area contributed by atoms with Crippen LogP contribution in [0, 0.1) is 5.92 Å². The smallest absolute Gasteiger partial charge is 0.226 e. The lowest BCUT2D eigenvalue weighted by Crippen LogP contribution is -2.38. The Morgan fingerprint density at radius 2 is 2.04 bits per heavy atom. The van der Waals surface area contributed by atoms with E-state index in [0.717, 1.165) is 12.8 Å². The van der Waals surface area contributed by atoms with Crippen LogP contribution in [0.5, 0.6) is 5.75 Å². The van der Waals surface area contributed by atoms with Crippen LogP contribution >= 0.6 is 0 Å². The Morgan fingerprint density at radius 1 is 1.35 bits per heavy atom. The van der Waals surface area contributed by atoms with Crippen LogP contribution in [0.15, 0.2) is 24.3 Å². The van der Waals surface area contributed by atoms with Crippen molar-refractivity contribution in [1.82, 2.24) is 5.32 Å². The van der Waals surface area contributed by atoms with Crippen LogP contribution in [-0.2, 0) is 4.79 Å². The molecule has 1 aromatic rings. The molecule has 0 bridgehead atoms. The van der Waals surface area contributed by atoms with Crippen LogP contribution in [0.4, 0.5) is 5.69 Å². The molecular formula is C18H28N2O3. The van der Waals surface area contributed by atoms with Crippen LogP contribution in [-0.4, -0.2) is 36.8 Å². The molecule has 2 rings (SSSR count). The van der Waals surface area contributed by atoms with E-state index in [1.807, 2.05) is 31.2 Å². The van der Waals surface area contributed by atoms with Gasteiger partial charge in [-0.15, -0.1) is 0 Å². The van der Waals surface area contributed by atoms with Crippen LogP contribution in [0.1, 0.15) is 39.0 Å². The molecule has 23 heavy (non-hydrogen) atoms. The molecule has 5 heteroatoms. The number of carbonyl (C=O) groups is 1. The van der Waals surface area contributed by atoms with Crippen molar-refractivity contribution in [1.29, 1.82) is 0 Å². The lowest BCUT2D eigenvalue weighted by atomic mass is 10.0.